The summed E-state index contributed by atoms with van der Waals surface area (Å²) < 4.78 is 1.79. The summed E-state index contributed by atoms with van der Waals surface area (Å²) in [7, 11) is 0. The van der Waals surface area contributed by atoms with Crippen molar-refractivity contribution in [2.45, 2.75) is 33.2 Å². The molecule has 0 unspecified atom stereocenters. The van der Waals surface area contributed by atoms with Crippen LogP contribution in [0.1, 0.15) is 35.5 Å². The van der Waals surface area contributed by atoms with E-state index in [2.05, 4.69) is 10.4 Å². The molecule has 0 aliphatic heterocycles. The van der Waals surface area contributed by atoms with Gasteiger partial charge in [0.1, 0.15) is 0 Å². The van der Waals surface area contributed by atoms with E-state index < -0.39 is 5.54 Å². The third-order valence-corrected chi connectivity index (χ3v) is 3.30. The number of nitrogens with zero attached hydrogens (tertiary/aromatic N) is 2. The van der Waals surface area contributed by atoms with E-state index in [0.29, 0.717) is 12.1 Å². The molecular formula is C16H22N4O. The van der Waals surface area contributed by atoms with Gasteiger partial charge in [0, 0.05) is 12.1 Å². The van der Waals surface area contributed by atoms with Gasteiger partial charge in [0.15, 0.2) is 0 Å². The van der Waals surface area contributed by atoms with Gasteiger partial charge < -0.3 is 11.1 Å². The van der Waals surface area contributed by atoms with Crippen molar-refractivity contribution in [2.75, 3.05) is 6.54 Å². The average molecular weight is 286 g/mol. The van der Waals surface area contributed by atoms with Crippen LogP contribution in [0.15, 0.2) is 30.5 Å². The number of nitrogens with two attached hydrogens (primary N) is 1. The van der Waals surface area contributed by atoms with Crippen molar-refractivity contribution in [1.29, 1.82) is 0 Å². The molecule has 0 saturated heterocycles. The molecule has 5 heteroatoms. The highest BCUT2D eigenvalue weighted by Crippen LogP contribution is 2.17. The second-order valence-corrected chi connectivity index (χ2v) is 6.01. The Morgan fingerprint density at radius 3 is 2.62 bits per heavy atom. The van der Waals surface area contributed by atoms with Crippen LogP contribution < -0.4 is 11.1 Å². The zero-order valence-corrected chi connectivity index (χ0v) is 13.0. The number of hydrogen-bond donors (Lipinski definition) is 2. The van der Waals surface area contributed by atoms with Gasteiger partial charge in [-0.25, -0.2) is 4.68 Å². The molecule has 3 N–H and O–H groups in total. The third kappa shape index (κ3) is 3.49. The summed E-state index contributed by atoms with van der Waals surface area (Å²) in [6.45, 7) is 8.07. The lowest BCUT2D eigenvalue weighted by Crippen LogP contribution is -2.45. The lowest BCUT2D eigenvalue weighted by Gasteiger charge is -2.18. The summed E-state index contributed by atoms with van der Waals surface area (Å²) >= 11 is 0. The van der Waals surface area contributed by atoms with E-state index in [-0.39, 0.29) is 5.91 Å². The summed E-state index contributed by atoms with van der Waals surface area (Å²) in [6, 6.07) is 7.95. The van der Waals surface area contributed by atoms with Crippen LogP contribution >= 0.6 is 0 Å². The predicted molar refractivity (Wildman–Crippen MR) is 83.6 cm³/mol. The smallest absolute Gasteiger partial charge is 0.254 e. The molecular weight excluding hydrogens is 264 g/mol. The highest BCUT2D eigenvalue weighted by Gasteiger charge is 2.18. The van der Waals surface area contributed by atoms with Gasteiger partial charge in [-0.15, -0.1) is 0 Å². The SMILES string of the molecule is Cc1ccccc1-n1ncc(C(=O)NCC(C)(C)N)c1C. The van der Waals surface area contributed by atoms with Crippen molar-refractivity contribution < 1.29 is 4.79 Å². The van der Waals surface area contributed by atoms with Gasteiger partial charge in [0.2, 0.25) is 0 Å². The number of benzene rings is 1. The molecule has 0 fully saturated rings. The molecule has 0 aliphatic carbocycles. The Balaban J connectivity index is 2.25. The van der Waals surface area contributed by atoms with Crippen molar-refractivity contribution in [2.24, 2.45) is 5.73 Å². The number of aromatic nitrogens is 2. The first-order chi connectivity index (χ1) is 9.79. The Hall–Kier alpha value is -2.14. The van der Waals surface area contributed by atoms with E-state index in [1.54, 1.807) is 10.9 Å². The molecule has 1 aromatic heterocycles. The lowest BCUT2D eigenvalue weighted by molar-refractivity contribution is 0.0945. The molecule has 1 heterocycles. The second kappa shape index (κ2) is 5.69. The Morgan fingerprint density at radius 2 is 2.00 bits per heavy atom. The zero-order chi connectivity index (χ0) is 15.6. The fraction of sp³-hybridized carbons (Fsp3) is 0.375. The van der Waals surface area contributed by atoms with E-state index in [1.807, 2.05) is 52.0 Å². The van der Waals surface area contributed by atoms with Crippen LogP contribution in [0.25, 0.3) is 5.69 Å². The minimum atomic E-state index is -0.435. The summed E-state index contributed by atoms with van der Waals surface area (Å²) in [4.78, 5) is 12.2. The lowest BCUT2D eigenvalue weighted by atomic mass is 10.1. The minimum absolute atomic E-state index is 0.147. The number of hydrogen-bond acceptors (Lipinski definition) is 3. The zero-order valence-electron chi connectivity index (χ0n) is 13.0. The van der Waals surface area contributed by atoms with E-state index in [1.165, 1.54) is 0 Å². The molecule has 5 nitrogen and oxygen atoms in total. The van der Waals surface area contributed by atoms with Crippen molar-refractivity contribution in [3.8, 4) is 5.69 Å². The Kier molecular flexibility index (Phi) is 4.14. The predicted octanol–water partition coefficient (Wildman–Crippen LogP) is 1.96. The Bertz CT molecular complexity index is 653. The summed E-state index contributed by atoms with van der Waals surface area (Å²) in [5, 5.41) is 7.18. The van der Waals surface area contributed by atoms with Crippen LogP contribution in [0.2, 0.25) is 0 Å². The van der Waals surface area contributed by atoms with Crippen molar-refractivity contribution >= 4 is 5.91 Å². The number of carbonyl (C=O) groups is 1. The maximum Gasteiger partial charge on any atom is 0.254 e. The van der Waals surface area contributed by atoms with Gasteiger partial charge in [-0.05, 0) is 39.3 Å². The maximum absolute atomic E-state index is 12.2. The molecule has 2 rings (SSSR count). The molecule has 0 aliphatic rings. The van der Waals surface area contributed by atoms with Gasteiger partial charge in [-0.3, -0.25) is 4.79 Å². The molecule has 1 amide bonds. The number of carbonyl (C=O) groups excluding carboxylic acids is 1. The standard InChI is InChI=1S/C16H22N4O/c1-11-7-5-6-8-14(11)20-12(2)13(9-19-20)15(21)18-10-16(3,4)17/h5-9H,10,17H2,1-4H3,(H,18,21). The normalized spacial score (nSPS) is 11.5. The first-order valence-corrected chi connectivity index (χ1v) is 6.97. The molecule has 2 aromatic rings. The quantitative estimate of drug-likeness (QED) is 0.902. The third-order valence-electron chi connectivity index (χ3n) is 3.30. The topological polar surface area (TPSA) is 72.9 Å². The molecule has 0 spiro atoms. The number of para-hydroxylation sites is 1. The van der Waals surface area contributed by atoms with Crippen LogP contribution in [0.3, 0.4) is 0 Å². The van der Waals surface area contributed by atoms with Gasteiger partial charge in [0.25, 0.3) is 5.91 Å². The Morgan fingerprint density at radius 1 is 1.33 bits per heavy atom. The highest BCUT2D eigenvalue weighted by molar-refractivity contribution is 5.95. The molecule has 112 valence electrons. The molecule has 0 atom stereocenters. The minimum Gasteiger partial charge on any atom is -0.350 e. The van der Waals surface area contributed by atoms with Gasteiger partial charge >= 0.3 is 0 Å². The first-order valence-electron chi connectivity index (χ1n) is 6.97. The van der Waals surface area contributed by atoms with Gasteiger partial charge in [-0.2, -0.15) is 5.10 Å². The van der Waals surface area contributed by atoms with Gasteiger partial charge in [0.05, 0.1) is 23.1 Å². The number of aryl methyl sites for hydroxylation is 1. The maximum atomic E-state index is 12.2. The van der Waals surface area contributed by atoms with E-state index in [4.69, 9.17) is 5.73 Å². The molecule has 0 saturated carbocycles. The molecule has 21 heavy (non-hydrogen) atoms. The van der Waals surface area contributed by atoms with E-state index in [9.17, 15) is 4.79 Å². The van der Waals surface area contributed by atoms with Crippen LogP contribution in [0.4, 0.5) is 0 Å². The van der Waals surface area contributed by atoms with E-state index >= 15 is 0 Å². The van der Waals surface area contributed by atoms with Crippen molar-refractivity contribution in [3.63, 3.8) is 0 Å². The number of nitrogens with one attached hydrogen (secondary N) is 1. The van der Waals surface area contributed by atoms with Crippen LogP contribution in [-0.2, 0) is 0 Å². The van der Waals surface area contributed by atoms with Crippen LogP contribution in [0, 0.1) is 13.8 Å². The monoisotopic (exact) mass is 286 g/mol. The van der Waals surface area contributed by atoms with Crippen LogP contribution in [-0.4, -0.2) is 27.8 Å². The fourth-order valence-electron chi connectivity index (χ4n) is 2.08. The summed E-state index contributed by atoms with van der Waals surface area (Å²) in [5.41, 5.74) is 8.92. The summed E-state index contributed by atoms with van der Waals surface area (Å²) in [6.07, 6.45) is 1.60. The molecule has 0 bridgehead atoms. The van der Waals surface area contributed by atoms with Gasteiger partial charge in [-0.1, -0.05) is 18.2 Å². The summed E-state index contributed by atoms with van der Waals surface area (Å²) in [5.74, 6) is -0.147. The highest BCUT2D eigenvalue weighted by atomic mass is 16.1. The first kappa shape index (κ1) is 15.3. The number of rotatable bonds is 4. The Labute approximate surface area is 125 Å². The van der Waals surface area contributed by atoms with Crippen molar-refractivity contribution in [3.05, 3.63) is 47.3 Å². The molecule has 1 aromatic carbocycles. The fourth-order valence-corrected chi connectivity index (χ4v) is 2.08. The molecule has 0 radical (unpaired) electrons. The largest absolute Gasteiger partial charge is 0.350 e. The van der Waals surface area contributed by atoms with Crippen LogP contribution in [0.5, 0.6) is 0 Å². The van der Waals surface area contributed by atoms with E-state index in [0.717, 1.165) is 16.9 Å². The second-order valence-electron chi connectivity index (χ2n) is 6.01. The average Bonchev–Trinajstić information content (AvgIpc) is 2.78. The number of amides is 1. The van der Waals surface area contributed by atoms with Crippen molar-refractivity contribution in [1.82, 2.24) is 15.1 Å².